The van der Waals surface area contributed by atoms with Gasteiger partial charge in [0.1, 0.15) is 5.76 Å². The van der Waals surface area contributed by atoms with E-state index < -0.39 is 5.91 Å². The van der Waals surface area contributed by atoms with Crippen molar-refractivity contribution < 1.29 is 18.8 Å². The Morgan fingerprint density at radius 3 is 2.67 bits per heavy atom. The molecule has 0 bridgehead atoms. The highest BCUT2D eigenvalue weighted by Gasteiger charge is 2.30. The largest absolute Gasteiger partial charge is 0.456 e. The topological polar surface area (TPSA) is 91.7 Å². The summed E-state index contributed by atoms with van der Waals surface area (Å²) in [6.45, 7) is 4.97. The number of furan rings is 1. The summed E-state index contributed by atoms with van der Waals surface area (Å²) in [6, 6.07) is 9.82. The van der Waals surface area contributed by atoms with Crippen molar-refractivity contribution in [3.8, 4) is 0 Å². The lowest BCUT2D eigenvalue weighted by atomic mass is 10.1. The molecule has 7 nitrogen and oxygen atoms in total. The molecule has 1 aromatic carbocycles. The number of rotatable bonds is 6. The minimum absolute atomic E-state index is 0.0527. The monoisotopic (exact) mass is 369 g/mol. The highest BCUT2D eigenvalue weighted by Crippen LogP contribution is 2.19. The number of para-hydroxylation sites is 1. The highest BCUT2D eigenvalue weighted by atomic mass is 16.3. The van der Waals surface area contributed by atoms with Gasteiger partial charge in [-0.1, -0.05) is 19.1 Å². The fourth-order valence-corrected chi connectivity index (χ4v) is 3.15. The van der Waals surface area contributed by atoms with Gasteiger partial charge in [-0.3, -0.25) is 14.4 Å². The van der Waals surface area contributed by atoms with Gasteiger partial charge in [0.25, 0.3) is 11.8 Å². The third kappa shape index (κ3) is 4.36. The second-order valence-corrected chi connectivity index (χ2v) is 6.62. The third-order valence-corrected chi connectivity index (χ3v) is 4.43. The number of carbonyl (C=O) groups is 3. The molecule has 2 heterocycles. The Bertz CT molecular complexity index is 858. The summed E-state index contributed by atoms with van der Waals surface area (Å²) in [5.41, 5.74) is 0.735. The van der Waals surface area contributed by atoms with Crippen LogP contribution in [0.15, 0.2) is 40.8 Å². The number of likely N-dealkylation sites (tertiary alicyclic amines) is 1. The Hall–Kier alpha value is -3.09. The number of amides is 3. The second-order valence-electron chi connectivity index (χ2n) is 6.62. The van der Waals surface area contributed by atoms with E-state index in [2.05, 4.69) is 10.6 Å². The van der Waals surface area contributed by atoms with Gasteiger partial charge in [-0.25, -0.2) is 0 Å². The molecule has 0 aliphatic carbocycles. The van der Waals surface area contributed by atoms with Gasteiger partial charge < -0.3 is 20.0 Å². The van der Waals surface area contributed by atoms with E-state index in [4.69, 9.17) is 4.42 Å². The molecule has 0 spiro atoms. The first-order valence-corrected chi connectivity index (χ1v) is 9.03. The Morgan fingerprint density at radius 1 is 1.19 bits per heavy atom. The van der Waals surface area contributed by atoms with Crippen molar-refractivity contribution in [2.24, 2.45) is 0 Å². The van der Waals surface area contributed by atoms with Gasteiger partial charge in [-0.15, -0.1) is 0 Å². The molecule has 3 rings (SSSR count). The van der Waals surface area contributed by atoms with Crippen molar-refractivity contribution in [3.63, 3.8) is 0 Å². The number of aryl methyl sites for hydroxylation is 1. The van der Waals surface area contributed by atoms with Gasteiger partial charge in [-0.2, -0.15) is 0 Å². The van der Waals surface area contributed by atoms with Crippen LogP contribution in [-0.2, 0) is 4.79 Å². The molecule has 1 aliphatic rings. The van der Waals surface area contributed by atoms with E-state index in [1.54, 1.807) is 48.2 Å². The molecule has 7 heteroatoms. The summed E-state index contributed by atoms with van der Waals surface area (Å²) in [4.78, 5) is 38.7. The van der Waals surface area contributed by atoms with Crippen LogP contribution in [0.2, 0.25) is 0 Å². The summed E-state index contributed by atoms with van der Waals surface area (Å²) in [5.74, 6) is 0.121. The Morgan fingerprint density at radius 2 is 1.96 bits per heavy atom. The number of anilines is 1. The summed E-state index contributed by atoms with van der Waals surface area (Å²) in [5, 5.41) is 5.61. The van der Waals surface area contributed by atoms with E-state index in [1.165, 1.54) is 0 Å². The van der Waals surface area contributed by atoms with Gasteiger partial charge in [0.15, 0.2) is 5.76 Å². The first kappa shape index (κ1) is 18.7. The summed E-state index contributed by atoms with van der Waals surface area (Å²) in [6.07, 6.45) is 1.18. The summed E-state index contributed by atoms with van der Waals surface area (Å²) < 4.78 is 5.32. The molecular formula is C20H23N3O4. The van der Waals surface area contributed by atoms with Crippen molar-refractivity contribution in [1.82, 2.24) is 10.2 Å². The van der Waals surface area contributed by atoms with Crippen LogP contribution in [0.25, 0.3) is 0 Å². The third-order valence-electron chi connectivity index (χ3n) is 4.43. The van der Waals surface area contributed by atoms with E-state index in [0.29, 0.717) is 36.5 Å². The molecule has 0 radical (unpaired) electrons. The van der Waals surface area contributed by atoms with Gasteiger partial charge >= 0.3 is 0 Å². The SMILES string of the molecule is CCCN1CC(NC(=O)c2ccccc2NC(=O)c2ccc(C)o2)CC1=O. The van der Waals surface area contributed by atoms with Crippen molar-refractivity contribution in [2.45, 2.75) is 32.7 Å². The second kappa shape index (κ2) is 8.07. The minimum Gasteiger partial charge on any atom is -0.456 e. The molecule has 1 saturated heterocycles. The zero-order valence-corrected chi connectivity index (χ0v) is 15.5. The van der Waals surface area contributed by atoms with Crippen molar-refractivity contribution >= 4 is 23.4 Å². The average Bonchev–Trinajstić information content (AvgIpc) is 3.21. The molecule has 2 aromatic rings. The predicted octanol–water partition coefficient (Wildman–Crippen LogP) is 2.58. The maximum atomic E-state index is 12.7. The fraction of sp³-hybridized carbons (Fsp3) is 0.350. The number of nitrogens with zero attached hydrogens (tertiary/aromatic N) is 1. The maximum absolute atomic E-state index is 12.7. The van der Waals surface area contributed by atoms with Gasteiger partial charge in [-0.05, 0) is 37.6 Å². The molecule has 142 valence electrons. The van der Waals surface area contributed by atoms with Crippen molar-refractivity contribution in [2.75, 3.05) is 18.4 Å². The summed E-state index contributed by atoms with van der Waals surface area (Å²) in [7, 11) is 0. The van der Waals surface area contributed by atoms with Crippen LogP contribution >= 0.6 is 0 Å². The molecular weight excluding hydrogens is 346 g/mol. The van der Waals surface area contributed by atoms with Crippen LogP contribution in [0.3, 0.4) is 0 Å². The standard InChI is InChI=1S/C20H23N3O4/c1-3-10-23-12-14(11-18(23)24)21-19(25)15-6-4-5-7-16(15)22-20(26)17-9-8-13(2)27-17/h4-9,14H,3,10-12H2,1-2H3,(H,21,25)(H,22,26). The molecule has 0 saturated carbocycles. The highest BCUT2D eigenvalue weighted by molar-refractivity contribution is 6.08. The lowest BCUT2D eigenvalue weighted by Crippen LogP contribution is -2.37. The molecule has 1 fully saturated rings. The number of carbonyl (C=O) groups excluding carboxylic acids is 3. The quantitative estimate of drug-likeness (QED) is 0.819. The van der Waals surface area contributed by atoms with Gasteiger partial charge in [0.2, 0.25) is 5.91 Å². The van der Waals surface area contributed by atoms with Crippen molar-refractivity contribution in [3.05, 3.63) is 53.5 Å². The van der Waals surface area contributed by atoms with Crippen LogP contribution in [0.4, 0.5) is 5.69 Å². The first-order chi connectivity index (χ1) is 13.0. The molecule has 1 aliphatic heterocycles. The molecule has 2 N–H and O–H groups in total. The normalized spacial score (nSPS) is 16.4. The Labute approximate surface area is 157 Å². The Balaban J connectivity index is 1.69. The number of hydrogen-bond donors (Lipinski definition) is 2. The predicted molar refractivity (Wildman–Crippen MR) is 101 cm³/mol. The van der Waals surface area contributed by atoms with E-state index >= 15 is 0 Å². The van der Waals surface area contributed by atoms with Gasteiger partial charge in [0, 0.05) is 19.5 Å². The number of benzene rings is 1. The van der Waals surface area contributed by atoms with Crippen LogP contribution in [0.5, 0.6) is 0 Å². The van der Waals surface area contributed by atoms with Crippen molar-refractivity contribution in [1.29, 1.82) is 0 Å². The average molecular weight is 369 g/mol. The number of hydrogen-bond acceptors (Lipinski definition) is 4. The molecule has 1 aromatic heterocycles. The lowest BCUT2D eigenvalue weighted by molar-refractivity contribution is -0.127. The van der Waals surface area contributed by atoms with E-state index in [9.17, 15) is 14.4 Å². The zero-order valence-electron chi connectivity index (χ0n) is 15.5. The Kier molecular flexibility index (Phi) is 5.59. The van der Waals surface area contributed by atoms with Gasteiger partial charge in [0.05, 0.1) is 17.3 Å². The number of nitrogens with one attached hydrogen (secondary N) is 2. The fourth-order valence-electron chi connectivity index (χ4n) is 3.15. The summed E-state index contributed by atoms with van der Waals surface area (Å²) >= 11 is 0. The van der Waals surface area contributed by atoms with Crippen LogP contribution in [-0.4, -0.2) is 41.8 Å². The maximum Gasteiger partial charge on any atom is 0.291 e. The lowest BCUT2D eigenvalue weighted by Gasteiger charge is -2.17. The molecule has 1 unspecified atom stereocenters. The zero-order chi connectivity index (χ0) is 19.4. The van der Waals surface area contributed by atoms with E-state index in [-0.39, 0.29) is 23.6 Å². The molecule has 1 atom stereocenters. The first-order valence-electron chi connectivity index (χ1n) is 9.03. The van der Waals surface area contributed by atoms with E-state index in [0.717, 1.165) is 6.42 Å². The van der Waals surface area contributed by atoms with Crippen LogP contribution in [0.1, 0.15) is 46.4 Å². The van der Waals surface area contributed by atoms with Crippen LogP contribution in [0, 0.1) is 6.92 Å². The molecule has 3 amide bonds. The minimum atomic E-state index is -0.423. The van der Waals surface area contributed by atoms with E-state index in [1.807, 2.05) is 6.92 Å². The molecule has 27 heavy (non-hydrogen) atoms. The van der Waals surface area contributed by atoms with Crippen LogP contribution < -0.4 is 10.6 Å². The smallest absolute Gasteiger partial charge is 0.291 e.